The molecule has 21 heavy (non-hydrogen) atoms. The van der Waals surface area contributed by atoms with Gasteiger partial charge in [-0.2, -0.15) is 0 Å². The van der Waals surface area contributed by atoms with Crippen LogP contribution in [0.5, 0.6) is 5.75 Å². The van der Waals surface area contributed by atoms with E-state index in [0.29, 0.717) is 6.42 Å². The Kier molecular flexibility index (Phi) is 5.27. The van der Waals surface area contributed by atoms with E-state index in [0.717, 1.165) is 36.3 Å². The third kappa shape index (κ3) is 3.40. The number of sulfone groups is 1. The summed E-state index contributed by atoms with van der Waals surface area (Å²) in [4.78, 5) is 0. The third-order valence-corrected chi connectivity index (χ3v) is 6.37. The average molecular weight is 311 g/mol. The van der Waals surface area contributed by atoms with Gasteiger partial charge in [0.1, 0.15) is 5.75 Å². The van der Waals surface area contributed by atoms with E-state index in [2.05, 4.69) is 5.32 Å². The van der Waals surface area contributed by atoms with Gasteiger partial charge < -0.3 is 10.1 Å². The quantitative estimate of drug-likeness (QED) is 0.840. The molecule has 1 N–H and O–H groups in total. The van der Waals surface area contributed by atoms with Gasteiger partial charge in [-0.25, -0.2) is 8.42 Å². The molecule has 0 radical (unpaired) electrons. The molecule has 118 valence electrons. The fourth-order valence-corrected chi connectivity index (χ4v) is 5.09. The second-order valence-electron chi connectivity index (χ2n) is 5.56. The summed E-state index contributed by atoms with van der Waals surface area (Å²) in [6, 6.07) is 5.75. The van der Waals surface area contributed by atoms with Crippen LogP contribution in [0.25, 0.3) is 0 Å². The van der Waals surface area contributed by atoms with E-state index < -0.39 is 9.84 Å². The molecular weight excluding hydrogens is 286 g/mol. The van der Waals surface area contributed by atoms with E-state index in [4.69, 9.17) is 4.74 Å². The molecule has 0 heterocycles. The Labute approximate surface area is 127 Å². The number of hydrogen-bond acceptors (Lipinski definition) is 4. The number of nitrogens with one attached hydrogen (secondary N) is 1. The molecule has 0 saturated heterocycles. The van der Waals surface area contributed by atoms with Gasteiger partial charge in [-0.05, 0) is 42.6 Å². The topological polar surface area (TPSA) is 55.4 Å². The lowest BCUT2D eigenvalue weighted by Gasteiger charge is -2.21. The molecule has 2 atom stereocenters. The smallest absolute Gasteiger partial charge is 0.155 e. The molecule has 0 aliphatic heterocycles. The highest BCUT2D eigenvalue weighted by Crippen LogP contribution is 2.38. The first kappa shape index (κ1) is 16.3. The molecule has 0 fully saturated rings. The summed E-state index contributed by atoms with van der Waals surface area (Å²) in [7, 11) is -1.45. The molecule has 0 spiro atoms. The van der Waals surface area contributed by atoms with E-state index in [1.54, 1.807) is 7.11 Å². The van der Waals surface area contributed by atoms with Crippen LogP contribution < -0.4 is 10.1 Å². The number of fused-ring (bicyclic) bond motifs is 1. The van der Waals surface area contributed by atoms with Crippen LogP contribution >= 0.6 is 0 Å². The second-order valence-corrected chi connectivity index (χ2v) is 7.90. The van der Waals surface area contributed by atoms with Gasteiger partial charge >= 0.3 is 0 Å². The number of hydrogen-bond donors (Lipinski definition) is 1. The lowest BCUT2D eigenvalue weighted by Crippen LogP contribution is -2.36. The highest BCUT2D eigenvalue weighted by Gasteiger charge is 2.40. The fraction of sp³-hybridized carbons (Fsp3) is 0.625. The van der Waals surface area contributed by atoms with Gasteiger partial charge in [-0.15, -0.1) is 0 Å². The summed E-state index contributed by atoms with van der Waals surface area (Å²) in [5.74, 6) is 1.06. The average Bonchev–Trinajstić information content (AvgIpc) is 2.84. The van der Waals surface area contributed by atoms with E-state index in [1.807, 2.05) is 32.0 Å². The highest BCUT2D eigenvalue weighted by molar-refractivity contribution is 7.92. The Bertz CT molecular complexity index is 583. The molecule has 0 bridgehead atoms. The number of ether oxygens (including phenoxy) is 1. The largest absolute Gasteiger partial charge is 0.497 e. The monoisotopic (exact) mass is 311 g/mol. The van der Waals surface area contributed by atoms with Crippen molar-refractivity contribution in [1.29, 1.82) is 0 Å². The third-order valence-electron chi connectivity index (χ3n) is 4.15. The van der Waals surface area contributed by atoms with Crippen LogP contribution in [-0.2, 0) is 16.3 Å². The summed E-state index contributed by atoms with van der Waals surface area (Å²) in [6.07, 6.45) is 2.24. The first-order valence-corrected chi connectivity index (χ1v) is 9.36. The van der Waals surface area contributed by atoms with Gasteiger partial charge in [-0.3, -0.25) is 0 Å². The van der Waals surface area contributed by atoms with Gasteiger partial charge in [0.25, 0.3) is 0 Å². The Balaban J connectivity index is 2.33. The molecule has 2 unspecified atom stereocenters. The van der Waals surface area contributed by atoms with E-state index in [9.17, 15) is 8.42 Å². The van der Waals surface area contributed by atoms with Crippen molar-refractivity contribution in [1.82, 2.24) is 5.32 Å². The van der Waals surface area contributed by atoms with Gasteiger partial charge in [-0.1, -0.05) is 26.3 Å². The normalized spacial score (nSPS) is 21.3. The first-order valence-electron chi connectivity index (χ1n) is 7.65. The molecule has 1 aromatic rings. The Morgan fingerprint density at radius 1 is 1.33 bits per heavy atom. The van der Waals surface area contributed by atoms with Crippen LogP contribution in [0.15, 0.2) is 18.2 Å². The van der Waals surface area contributed by atoms with Crippen LogP contribution in [0, 0.1) is 0 Å². The fourth-order valence-electron chi connectivity index (χ4n) is 3.00. The van der Waals surface area contributed by atoms with Crippen LogP contribution in [0.1, 0.15) is 43.9 Å². The molecular formula is C16H25NO3S. The van der Waals surface area contributed by atoms with Gasteiger partial charge in [0, 0.05) is 6.04 Å². The number of unbranched alkanes of at least 4 members (excludes halogenated alkanes) is 1. The minimum Gasteiger partial charge on any atom is -0.497 e. The van der Waals surface area contributed by atoms with Crippen molar-refractivity contribution >= 4 is 9.84 Å². The summed E-state index contributed by atoms with van der Waals surface area (Å²) in [5, 5.41) is 2.99. The lowest BCUT2D eigenvalue weighted by atomic mass is 10.1. The second kappa shape index (κ2) is 6.79. The van der Waals surface area contributed by atoms with Gasteiger partial charge in [0.05, 0.1) is 18.1 Å². The van der Waals surface area contributed by atoms with E-state index >= 15 is 0 Å². The Morgan fingerprint density at radius 3 is 2.71 bits per heavy atom. The summed E-state index contributed by atoms with van der Waals surface area (Å²) >= 11 is 0. The summed E-state index contributed by atoms with van der Waals surface area (Å²) in [5.41, 5.74) is 2.19. The van der Waals surface area contributed by atoms with E-state index in [-0.39, 0.29) is 17.0 Å². The highest BCUT2D eigenvalue weighted by atomic mass is 32.2. The number of rotatable bonds is 7. The number of benzene rings is 1. The van der Waals surface area contributed by atoms with Gasteiger partial charge in [0.15, 0.2) is 9.84 Å². The zero-order valence-corrected chi connectivity index (χ0v) is 13.9. The molecule has 1 aromatic carbocycles. The van der Waals surface area contributed by atoms with Crippen molar-refractivity contribution in [3.05, 3.63) is 29.3 Å². The number of methoxy groups -OCH3 is 1. The van der Waals surface area contributed by atoms with Crippen molar-refractivity contribution in [3.8, 4) is 5.75 Å². The SMILES string of the molecule is CCCCS(=O)(=O)C1Cc2ccc(OC)cc2C1NCC. The molecule has 5 heteroatoms. The maximum Gasteiger partial charge on any atom is 0.155 e. The molecule has 0 amide bonds. The predicted molar refractivity (Wildman–Crippen MR) is 85.6 cm³/mol. The van der Waals surface area contributed by atoms with Crippen LogP contribution in [-0.4, -0.2) is 33.1 Å². The molecule has 0 saturated carbocycles. The van der Waals surface area contributed by atoms with Crippen molar-refractivity contribution in [2.45, 2.75) is 44.4 Å². The zero-order chi connectivity index (χ0) is 15.5. The predicted octanol–water partition coefficient (Wildman–Crippen LogP) is 2.49. The van der Waals surface area contributed by atoms with Crippen LogP contribution in [0.3, 0.4) is 0 Å². The lowest BCUT2D eigenvalue weighted by molar-refractivity contribution is 0.413. The summed E-state index contributed by atoms with van der Waals surface area (Å²) < 4.78 is 30.5. The molecule has 1 aliphatic carbocycles. The minimum atomic E-state index is -3.08. The first-order chi connectivity index (χ1) is 10.0. The maximum absolute atomic E-state index is 12.6. The molecule has 2 rings (SSSR count). The van der Waals surface area contributed by atoms with Crippen molar-refractivity contribution < 1.29 is 13.2 Å². The molecule has 4 nitrogen and oxygen atoms in total. The Hall–Kier alpha value is -1.07. The molecule has 1 aliphatic rings. The van der Waals surface area contributed by atoms with E-state index in [1.165, 1.54) is 0 Å². The van der Waals surface area contributed by atoms with Gasteiger partial charge in [0.2, 0.25) is 0 Å². The van der Waals surface area contributed by atoms with Crippen molar-refractivity contribution in [3.63, 3.8) is 0 Å². The van der Waals surface area contributed by atoms with Crippen LogP contribution in [0.2, 0.25) is 0 Å². The minimum absolute atomic E-state index is 0.123. The maximum atomic E-state index is 12.6. The van der Waals surface area contributed by atoms with Crippen molar-refractivity contribution in [2.24, 2.45) is 0 Å². The zero-order valence-electron chi connectivity index (χ0n) is 13.1. The molecule has 0 aromatic heterocycles. The van der Waals surface area contributed by atoms with Crippen LogP contribution in [0.4, 0.5) is 0 Å². The Morgan fingerprint density at radius 2 is 2.10 bits per heavy atom. The van der Waals surface area contributed by atoms with Crippen molar-refractivity contribution in [2.75, 3.05) is 19.4 Å². The summed E-state index contributed by atoms with van der Waals surface area (Å²) in [6.45, 7) is 4.78. The standard InChI is InChI=1S/C16H25NO3S/c1-4-6-9-21(18,19)15-10-12-7-8-13(20-3)11-14(12)16(15)17-5-2/h7-8,11,15-17H,4-6,9-10H2,1-3H3.